The summed E-state index contributed by atoms with van der Waals surface area (Å²) in [7, 11) is 0. The summed E-state index contributed by atoms with van der Waals surface area (Å²) in [5.74, 6) is 3.56. The molecule has 3 aliphatic heterocycles. The van der Waals surface area contributed by atoms with E-state index in [4.69, 9.17) is 24.3 Å². The third-order valence-corrected chi connectivity index (χ3v) is 7.86. The van der Waals surface area contributed by atoms with Gasteiger partial charge in [0, 0.05) is 28.3 Å². The monoisotopic (exact) mass is 727 g/mol. The molecule has 202 valence electrons. The maximum atomic E-state index is 8.16. The summed E-state index contributed by atoms with van der Waals surface area (Å²) in [5, 5.41) is 9.86. The molecule has 0 spiro atoms. The van der Waals surface area contributed by atoms with Crippen LogP contribution in [0.4, 0.5) is 0 Å². The van der Waals surface area contributed by atoms with E-state index in [-0.39, 0.29) is 26.6 Å². The fraction of sp³-hybridized carbons (Fsp3) is 0.0323. The molecule has 11 heteroatoms. The summed E-state index contributed by atoms with van der Waals surface area (Å²) < 4.78 is 36.9. The van der Waals surface area contributed by atoms with Crippen LogP contribution in [0.5, 0.6) is 0 Å². The third kappa shape index (κ3) is 3.55. The van der Waals surface area contributed by atoms with Gasteiger partial charge in [-0.15, -0.1) is 5.98 Å². The first kappa shape index (κ1) is 22.0. The second-order valence-electron chi connectivity index (χ2n) is 10.1. The number of rotatable bonds is 3. The van der Waals surface area contributed by atoms with Crippen LogP contribution in [0.2, 0.25) is 0 Å². The van der Waals surface area contributed by atoms with E-state index in [0.29, 0.717) is 23.1 Å². The molecule has 0 N–H and O–H groups in total. The summed E-state index contributed by atoms with van der Waals surface area (Å²) in [4.78, 5) is 9.54. The number of benzene rings is 3. The van der Waals surface area contributed by atoms with E-state index in [1.165, 1.54) is 0 Å². The number of nitrogens with zero attached hydrogens (tertiary/aromatic N) is 7. The molecule has 0 atom stereocenters. The first-order chi connectivity index (χ1) is 21.5. The Kier molecular flexibility index (Phi) is 4.94. The van der Waals surface area contributed by atoms with Crippen molar-refractivity contribution in [3.8, 4) is 5.69 Å². The van der Waals surface area contributed by atoms with Crippen LogP contribution in [-0.2, 0) is 25.8 Å². The molecule has 9 rings (SSSR count). The van der Waals surface area contributed by atoms with Crippen molar-refractivity contribution in [3.63, 3.8) is 0 Å². The Morgan fingerprint density at radius 1 is 0.881 bits per heavy atom. The number of para-hydroxylation sites is 4. The van der Waals surface area contributed by atoms with Gasteiger partial charge in [-0.1, -0.05) is 54.0 Å². The number of allylic oxidation sites excluding steroid dienone is 4. The summed E-state index contributed by atoms with van der Waals surface area (Å²) >= 11 is 0. The predicted octanol–water partition coefficient (Wildman–Crippen LogP) is 5.67. The summed E-state index contributed by atoms with van der Waals surface area (Å²) in [6, 6.07) is 21.6. The number of aryl methyl sites for hydroxylation is 1. The van der Waals surface area contributed by atoms with Gasteiger partial charge < -0.3 is 24.2 Å². The molecule has 0 amide bonds. The largest absolute Gasteiger partial charge is 2.00 e. The second-order valence-corrected chi connectivity index (χ2v) is 10.1. The average molecular weight is 727 g/mol. The van der Waals surface area contributed by atoms with Gasteiger partial charge in [0.05, 0.1) is 33.5 Å². The Morgan fingerprint density at radius 3 is 2.62 bits per heavy atom. The molecule has 6 aromatic rings. The van der Waals surface area contributed by atoms with Gasteiger partial charge in [0.1, 0.15) is 0 Å². The molecular formula is C31H21B2N7OPt. The molecule has 3 aliphatic rings. The van der Waals surface area contributed by atoms with Crippen LogP contribution in [0.15, 0.2) is 121 Å². The molecule has 6 heterocycles. The van der Waals surface area contributed by atoms with Gasteiger partial charge >= 0.3 is 21.1 Å². The number of hydrogen-bond acceptors (Lipinski definition) is 3. The normalized spacial score (nSPS) is 16.6. The van der Waals surface area contributed by atoms with Gasteiger partial charge in [-0.3, -0.25) is 9.38 Å². The summed E-state index contributed by atoms with van der Waals surface area (Å²) in [6.45, 7) is -3.20. The third-order valence-electron chi connectivity index (χ3n) is 7.86. The molecular weight excluding hydrogens is 703 g/mol. The molecule has 0 unspecified atom stereocenters. The second kappa shape index (κ2) is 9.43. The number of aromatic nitrogens is 5. The van der Waals surface area contributed by atoms with Gasteiger partial charge in [-0.2, -0.15) is 0 Å². The van der Waals surface area contributed by atoms with Crippen LogP contribution in [-0.4, -0.2) is 37.2 Å². The maximum Gasteiger partial charge on any atom is 2.00 e. The smallest absolute Gasteiger partial charge is 0.666 e. The van der Waals surface area contributed by atoms with Crippen LogP contribution in [0.1, 0.15) is 15.2 Å². The molecule has 42 heavy (non-hydrogen) atoms. The fourth-order valence-corrected chi connectivity index (χ4v) is 6.14. The Balaban J connectivity index is 0.00000300. The fourth-order valence-electron chi connectivity index (χ4n) is 6.14. The molecule has 3 aromatic heterocycles. The minimum atomic E-state index is -2.28. The number of ether oxygens (including phenoxy) is 1. The van der Waals surface area contributed by atoms with Crippen molar-refractivity contribution >= 4 is 52.9 Å². The average Bonchev–Trinajstić information content (AvgIpc) is 3.74. The summed E-state index contributed by atoms with van der Waals surface area (Å²) in [6.07, 6.45) is 10.9. The number of fused-ring (bicyclic) bond motifs is 11. The zero-order chi connectivity index (χ0) is 29.6. The first-order valence-corrected chi connectivity index (χ1v) is 13.4. The Labute approximate surface area is 260 Å². The minimum Gasteiger partial charge on any atom is -0.666 e. The van der Waals surface area contributed by atoms with E-state index in [2.05, 4.69) is 32.1 Å². The van der Waals surface area contributed by atoms with E-state index in [1.54, 1.807) is 30.5 Å². The minimum absolute atomic E-state index is 0. The van der Waals surface area contributed by atoms with Crippen LogP contribution in [0, 0.1) is 6.85 Å². The molecule has 0 radical (unpaired) electrons. The molecule has 3 aromatic carbocycles. The van der Waals surface area contributed by atoms with Crippen molar-refractivity contribution in [1.82, 2.24) is 23.4 Å². The zero-order valence-corrected chi connectivity index (χ0v) is 24.2. The van der Waals surface area contributed by atoms with E-state index in [9.17, 15) is 0 Å². The molecule has 0 saturated heterocycles. The van der Waals surface area contributed by atoms with Gasteiger partial charge in [-0.25, -0.2) is 4.98 Å². The zero-order valence-electron chi connectivity index (χ0n) is 24.9. The van der Waals surface area contributed by atoms with Crippen molar-refractivity contribution in [2.45, 2.75) is 6.85 Å². The van der Waals surface area contributed by atoms with Crippen molar-refractivity contribution < 1.29 is 29.9 Å². The van der Waals surface area contributed by atoms with Gasteiger partial charge in [-0.05, 0) is 60.5 Å². The van der Waals surface area contributed by atoms with E-state index in [1.807, 2.05) is 65.3 Å². The summed E-state index contributed by atoms with van der Waals surface area (Å²) in [5.41, 5.74) is 7.19. The molecule has 0 aliphatic carbocycles. The van der Waals surface area contributed by atoms with Crippen molar-refractivity contribution in [2.75, 3.05) is 0 Å². The van der Waals surface area contributed by atoms with Crippen molar-refractivity contribution in [1.29, 1.82) is 0 Å². The maximum absolute atomic E-state index is 8.16. The Bertz CT molecular complexity index is 2300. The Morgan fingerprint density at radius 2 is 1.71 bits per heavy atom. The molecule has 8 nitrogen and oxygen atoms in total. The van der Waals surface area contributed by atoms with E-state index >= 15 is 0 Å². The van der Waals surface area contributed by atoms with E-state index < -0.39 is 20.7 Å². The quantitative estimate of drug-likeness (QED) is 0.221. The van der Waals surface area contributed by atoms with Crippen LogP contribution in [0.3, 0.4) is 0 Å². The first-order valence-electron chi connectivity index (χ1n) is 14.9. The number of hydrogen-bond donors (Lipinski definition) is 0. The van der Waals surface area contributed by atoms with Gasteiger partial charge in [0.15, 0.2) is 13.8 Å². The number of imidazole rings is 3. The van der Waals surface area contributed by atoms with Gasteiger partial charge in [0.2, 0.25) is 5.78 Å². The van der Waals surface area contributed by atoms with E-state index in [0.717, 1.165) is 39.0 Å². The van der Waals surface area contributed by atoms with Crippen molar-refractivity contribution in [2.24, 2.45) is 0 Å². The van der Waals surface area contributed by atoms with Crippen LogP contribution in [0.25, 0.3) is 49.5 Å². The predicted molar refractivity (Wildman–Crippen MR) is 164 cm³/mol. The topological polar surface area (TPSA) is 77.5 Å². The van der Waals surface area contributed by atoms with Crippen LogP contribution < -0.4 is 5.72 Å². The Hall–Kier alpha value is -4.68. The molecule has 0 bridgehead atoms. The molecule has 0 fully saturated rings. The standard InChI is InChI=1S/C31H21B2N7O.Pt/c1-20-8-6-13-26-29(20)21-15-16-28(37-33(21)30-34-18-19-38(26)30)41-27-14-7-17-32(36-27)40-25-12-5-4-11-24(25)39-23-10-3-2-9-22(23)35-31(39)40;/h2-19H,1H3;/q-2;+2/i1D3;. The molecule has 0 saturated carbocycles. The van der Waals surface area contributed by atoms with Crippen molar-refractivity contribution in [3.05, 3.63) is 143 Å². The van der Waals surface area contributed by atoms with Crippen LogP contribution >= 0.6 is 0 Å². The SMILES string of the molecule is [2H]C([2H])([2H])c1cccc2c1C1=CC=C(OC3=CC=CB(n4c5ccccc5n5c6ccccc6nc45)[N-]3)[N-]B1c1nccn1-2.[Pt+2]. The van der Waals surface area contributed by atoms with Gasteiger partial charge in [0.25, 0.3) is 0 Å².